The van der Waals surface area contributed by atoms with Crippen LogP contribution in [0.15, 0.2) is 23.5 Å². The summed E-state index contributed by atoms with van der Waals surface area (Å²) in [5, 5.41) is 12.9. The van der Waals surface area contributed by atoms with Gasteiger partial charge in [-0.3, -0.25) is 9.55 Å². The minimum atomic E-state index is -3.98. The molecule has 0 radical (unpaired) electrons. The van der Waals surface area contributed by atoms with Crippen LogP contribution in [0.1, 0.15) is 20.8 Å². The van der Waals surface area contributed by atoms with Crippen LogP contribution in [0.2, 0.25) is 5.02 Å². The summed E-state index contributed by atoms with van der Waals surface area (Å²) in [5.74, 6) is 0.318. The van der Waals surface area contributed by atoms with Crippen molar-refractivity contribution in [3.8, 4) is 11.5 Å². The summed E-state index contributed by atoms with van der Waals surface area (Å²) in [5.41, 5.74) is -0.117. The summed E-state index contributed by atoms with van der Waals surface area (Å²) in [4.78, 5) is 4.13. The molecule has 0 spiro atoms. The van der Waals surface area contributed by atoms with Crippen molar-refractivity contribution in [3.05, 3.63) is 23.4 Å². The molecule has 0 saturated carbocycles. The molecule has 2 heterocycles. The van der Waals surface area contributed by atoms with Crippen LogP contribution < -0.4 is 5.14 Å². The molecule has 0 aliphatic heterocycles. The monoisotopic (exact) mass is 315 g/mol. The average Bonchev–Trinajstić information content (AvgIpc) is 2.73. The Morgan fingerprint density at radius 2 is 1.90 bits per heavy atom. The van der Waals surface area contributed by atoms with Crippen LogP contribution in [0.4, 0.5) is 0 Å². The maximum absolute atomic E-state index is 11.6. The molecule has 2 aromatic rings. The standard InChI is InChI=1S/C11H14ClN5O2S/c1-11(2,3)17-9(8-5-4-7(12)6-14-8)15-16-10(17)20(13,18)19/h4-6H,1-3H3,(H2,13,18,19). The van der Waals surface area contributed by atoms with Crippen LogP contribution >= 0.6 is 11.6 Å². The average molecular weight is 316 g/mol. The molecule has 20 heavy (non-hydrogen) atoms. The molecule has 108 valence electrons. The molecule has 0 fully saturated rings. The molecule has 2 rings (SSSR count). The topological polar surface area (TPSA) is 104 Å². The number of primary sulfonamides is 1. The van der Waals surface area contributed by atoms with Gasteiger partial charge in [0, 0.05) is 11.7 Å². The first-order valence-electron chi connectivity index (χ1n) is 5.71. The lowest BCUT2D eigenvalue weighted by Gasteiger charge is -2.23. The lowest BCUT2D eigenvalue weighted by molar-refractivity contribution is 0.365. The van der Waals surface area contributed by atoms with E-state index in [1.165, 1.54) is 10.8 Å². The first kappa shape index (κ1) is 14.9. The fourth-order valence-corrected chi connectivity index (χ4v) is 2.61. The highest BCUT2D eigenvalue weighted by Gasteiger charge is 2.29. The molecule has 0 saturated heterocycles. The zero-order valence-electron chi connectivity index (χ0n) is 11.2. The number of hydrogen-bond donors (Lipinski definition) is 1. The predicted molar refractivity (Wildman–Crippen MR) is 74.6 cm³/mol. The minimum absolute atomic E-state index is 0.295. The van der Waals surface area contributed by atoms with E-state index in [9.17, 15) is 8.42 Å². The Hall–Kier alpha value is -1.51. The van der Waals surface area contributed by atoms with Crippen molar-refractivity contribution >= 4 is 21.6 Å². The van der Waals surface area contributed by atoms with Gasteiger partial charge in [-0.15, -0.1) is 10.2 Å². The van der Waals surface area contributed by atoms with Gasteiger partial charge in [-0.25, -0.2) is 13.6 Å². The van der Waals surface area contributed by atoms with Gasteiger partial charge in [-0.05, 0) is 32.9 Å². The number of nitrogens with two attached hydrogens (primary N) is 1. The third-order valence-corrected chi connectivity index (χ3v) is 3.51. The van der Waals surface area contributed by atoms with Gasteiger partial charge in [-0.2, -0.15) is 0 Å². The summed E-state index contributed by atoms with van der Waals surface area (Å²) in [7, 11) is -3.98. The highest BCUT2D eigenvalue weighted by Crippen LogP contribution is 2.26. The quantitative estimate of drug-likeness (QED) is 0.902. The molecule has 2 aromatic heterocycles. The number of aromatic nitrogens is 4. The molecule has 0 aliphatic rings. The van der Waals surface area contributed by atoms with Crippen molar-refractivity contribution in [2.24, 2.45) is 5.14 Å². The molecule has 7 nitrogen and oxygen atoms in total. The van der Waals surface area contributed by atoms with Gasteiger partial charge in [0.25, 0.3) is 15.2 Å². The van der Waals surface area contributed by atoms with Crippen molar-refractivity contribution in [1.29, 1.82) is 0 Å². The Bertz CT molecular complexity index is 731. The lowest BCUT2D eigenvalue weighted by atomic mass is 10.1. The van der Waals surface area contributed by atoms with Crippen LogP contribution in [-0.2, 0) is 15.6 Å². The number of sulfonamides is 1. The Kier molecular flexibility index (Phi) is 3.57. The SMILES string of the molecule is CC(C)(C)n1c(-c2ccc(Cl)cn2)nnc1S(N)(=O)=O. The molecule has 0 bridgehead atoms. The second-order valence-corrected chi connectivity index (χ2v) is 7.11. The highest BCUT2D eigenvalue weighted by molar-refractivity contribution is 7.89. The van der Waals surface area contributed by atoms with Crippen molar-refractivity contribution in [1.82, 2.24) is 19.7 Å². The summed E-state index contributed by atoms with van der Waals surface area (Å²) in [6.45, 7) is 5.47. The van der Waals surface area contributed by atoms with Crippen molar-refractivity contribution in [2.45, 2.75) is 31.5 Å². The molecular formula is C11H14ClN5O2S. The Labute approximate surface area is 121 Å². The van der Waals surface area contributed by atoms with Crippen LogP contribution in [0, 0.1) is 0 Å². The predicted octanol–water partition coefficient (Wildman–Crippen LogP) is 1.40. The summed E-state index contributed by atoms with van der Waals surface area (Å²) >= 11 is 5.79. The van der Waals surface area contributed by atoms with E-state index in [2.05, 4.69) is 15.2 Å². The second kappa shape index (κ2) is 4.80. The number of halogens is 1. The summed E-state index contributed by atoms with van der Waals surface area (Å²) in [6.07, 6.45) is 1.45. The Morgan fingerprint density at radius 3 is 2.35 bits per heavy atom. The maximum Gasteiger partial charge on any atom is 0.273 e. The second-order valence-electron chi connectivity index (χ2n) is 5.22. The molecule has 0 unspecified atom stereocenters. The van der Waals surface area contributed by atoms with Gasteiger partial charge >= 0.3 is 0 Å². The smallest absolute Gasteiger partial charge is 0.273 e. The van der Waals surface area contributed by atoms with Gasteiger partial charge in [0.1, 0.15) is 5.69 Å². The number of rotatable bonds is 2. The third-order valence-electron chi connectivity index (χ3n) is 2.52. The van der Waals surface area contributed by atoms with Crippen LogP contribution in [0.5, 0.6) is 0 Å². The normalized spacial score (nSPS) is 12.7. The molecule has 0 atom stereocenters. The molecule has 9 heteroatoms. The molecular weight excluding hydrogens is 302 g/mol. The fourth-order valence-electron chi connectivity index (χ4n) is 1.73. The van der Waals surface area contributed by atoms with E-state index in [0.717, 1.165) is 0 Å². The van der Waals surface area contributed by atoms with Gasteiger partial charge in [-0.1, -0.05) is 11.6 Å². The first-order valence-corrected chi connectivity index (χ1v) is 7.64. The van der Waals surface area contributed by atoms with Crippen molar-refractivity contribution in [2.75, 3.05) is 0 Å². The molecule has 2 N–H and O–H groups in total. The van der Waals surface area contributed by atoms with Gasteiger partial charge in [0.15, 0.2) is 5.82 Å². The highest BCUT2D eigenvalue weighted by atomic mass is 35.5. The summed E-state index contributed by atoms with van der Waals surface area (Å²) in [6, 6.07) is 3.28. The number of hydrogen-bond acceptors (Lipinski definition) is 5. The van der Waals surface area contributed by atoms with Gasteiger partial charge in [0.2, 0.25) is 0 Å². The zero-order valence-corrected chi connectivity index (χ0v) is 12.8. The lowest BCUT2D eigenvalue weighted by Crippen LogP contribution is -2.29. The van der Waals surface area contributed by atoms with E-state index in [0.29, 0.717) is 16.5 Å². The first-order chi connectivity index (χ1) is 9.10. The fraction of sp³-hybridized carbons (Fsp3) is 0.364. The van der Waals surface area contributed by atoms with E-state index in [1.807, 2.05) is 20.8 Å². The van der Waals surface area contributed by atoms with E-state index >= 15 is 0 Å². The van der Waals surface area contributed by atoms with Gasteiger partial charge < -0.3 is 0 Å². The molecule has 0 amide bonds. The van der Waals surface area contributed by atoms with E-state index in [1.54, 1.807) is 12.1 Å². The van der Waals surface area contributed by atoms with Gasteiger partial charge in [0.05, 0.1) is 5.02 Å². The number of pyridine rings is 1. The minimum Gasteiger partial charge on any atom is -0.290 e. The van der Waals surface area contributed by atoms with E-state index < -0.39 is 15.6 Å². The maximum atomic E-state index is 11.6. The van der Waals surface area contributed by atoms with Crippen LogP contribution in [0.3, 0.4) is 0 Å². The Morgan fingerprint density at radius 1 is 1.25 bits per heavy atom. The largest absolute Gasteiger partial charge is 0.290 e. The van der Waals surface area contributed by atoms with E-state index in [-0.39, 0.29) is 5.16 Å². The van der Waals surface area contributed by atoms with Crippen LogP contribution in [0.25, 0.3) is 11.5 Å². The van der Waals surface area contributed by atoms with E-state index in [4.69, 9.17) is 16.7 Å². The molecule has 0 aliphatic carbocycles. The van der Waals surface area contributed by atoms with Crippen LogP contribution in [-0.4, -0.2) is 28.2 Å². The van der Waals surface area contributed by atoms with Crippen molar-refractivity contribution in [3.63, 3.8) is 0 Å². The summed E-state index contributed by atoms with van der Waals surface area (Å²) < 4.78 is 24.7. The van der Waals surface area contributed by atoms with Crippen molar-refractivity contribution < 1.29 is 8.42 Å². The molecule has 0 aromatic carbocycles. The Balaban J connectivity index is 2.72. The third kappa shape index (κ3) is 2.82. The zero-order chi connectivity index (χ0) is 15.1. The number of nitrogens with zero attached hydrogens (tertiary/aromatic N) is 4.